The molecule has 0 amide bonds. The summed E-state index contributed by atoms with van der Waals surface area (Å²) in [6, 6.07) is 10.8. The number of nitrogens with zero attached hydrogens (tertiary/aromatic N) is 3. The topological polar surface area (TPSA) is 73.6 Å². The Morgan fingerprint density at radius 1 is 0.923 bits per heavy atom. The van der Waals surface area contributed by atoms with Crippen molar-refractivity contribution in [3.63, 3.8) is 0 Å². The number of anilines is 4. The van der Waals surface area contributed by atoms with Crippen molar-refractivity contribution in [2.24, 2.45) is 0 Å². The summed E-state index contributed by atoms with van der Waals surface area (Å²) < 4.78 is 40.5. The molecule has 0 aliphatic carbocycles. The molecule has 26 heavy (non-hydrogen) atoms. The summed E-state index contributed by atoms with van der Waals surface area (Å²) in [5, 5.41) is 14.1. The van der Waals surface area contributed by atoms with Gasteiger partial charge in [0.2, 0.25) is 5.95 Å². The molecule has 0 saturated heterocycles. The zero-order chi connectivity index (χ0) is 18.7. The molecule has 2 N–H and O–H groups in total. The average molecular weight is 376 g/mol. The maximum atomic E-state index is 13.8. The van der Waals surface area contributed by atoms with Gasteiger partial charge >= 0.3 is 0 Å². The van der Waals surface area contributed by atoms with E-state index in [0.717, 1.165) is 0 Å². The SMILES string of the molecule is N#Cc1ccc(Nc2nc(Cl)cc(Nc3c(F)cc(F)cc3F)n2)cc1. The predicted molar refractivity (Wildman–Crippen MR) is 91.1 cm³/mol. The van der Waals surface area contributed by atoms with Gasteiger partial charge in [-0.05, 0) is 24.3 Å². The number of aromatic nitrogens is 2. The average Bonchev–Trinajstić information content (AvgIpc) is 2.58. The molecule has 0 bridgehead atoms. The number of nitriles is 1. The van der Waals surface area contributed by atoms with Gasteiger partial charge in [-0.1, -0.05) is 11.6 Å². The molecule has 3 rings (SSSR count). The summed E-state index contributed by atoms with van der Waals surface area (Å²) in [5.41, 5.74) is 0.494. The fourth-order valence-corrected chi connectivity index (χ4v) is 2.27. The molecule has 0 saturated carbocycles. The van der Waals surface area contributed by atoms with Crippen LogP contribution < -0.4 is 10.6 Å². The number of halogens is 4. The van der Waals surface area contributed by atoms with Gasteiger partial charge in [-0.2, -0.15) is 10.2 Å². The summed E-state index contributed by atoms with van der Waals surface area (Å²) >= 11 is 5.91. The lowest BCUT2D eigenvalue weighted by molar-refractivity contribution is 0.548. The van der Waals surface area contributed by atoms with Crippen LogP contribution in [0.4, 0.5) is 36.3 Å². The molecule has 2 aromatic carbocycles. The summed E-state index contributed by atoms with van der Waals surface area (Å²) in [5.74, 6) is -3.19. The second-order valence-corrected chi connectivity index (χ2v) is 5.47. The molecule has 0 aliphatic heterocycles. The van der Waals surface area contributed by atoms with Gasteiger partial charge in [-0.25, -0.2) is 18.2 Å². The number of hydrogen-bond acceptors (Lipinski definition) is 5. The van der Waals surface area contributed by atoms with Crippen LogP contribution in [0.2, 0.25) is 5.15 Å². The van der Waals surface area contributed by atoms with Gasteiger partial charge in [0, 0.05) is 23.9 Å². The lowest BCUT2D eigenvalue weighted by Gasteiger charge is -2.11. The van der Waals surface area contributed by atoms with Gasteiger partial charge in [0.25, 0.3) is 0 Å². The first-order chi connectivity index (χ1) is 12.4. The molecule has 5 nitrogen and oxygen atoms in total. The van der Waals surface area contributed by atoms with Crippen molar-refractivity contribution in [1.82, 2.24) is 9.97 Å². The Morgan fingerprint density at radius 3 is 2.19 bits per heavy atom. The number of nitrogens with one attached hydrogen (secondary N) is 2. The molecule has 0 unspecified atom stereocenters. The highest BCUT2D eigenvalue weighted by Gasteiger charge is 2.13. The predicted octanol–water partition coefficient (Wildman–Crippen LogP) is 4.91. The minimum atomic E-state index is -1.11. The van der Waals surface area contributed by atoms with E-state index in [9.17, 15) is 13.2 Å². The Balaban J connectivity index is 1.87. The van der Waals surface area contributed by atoms with E-state index >= 15 is 0 Å². The Labute approximate surface area is 151 Å². The quantitative estimate of drug-likeness (QED) is 0.634. The normalized spacial score (nSPS) is 10.3. The van der Waals surface area contributed by atoms with Crippen LogP contribution in [-0.4, -0.2) is 9.97 Å². The van der Waals surface area contributed by atoms with Crippen LogP contribution in [0.25, 0.3) is 0 Å². The molecule has 0 spiro atoms. The van der Waals surface area contributed by atoms with E-state index in [1.165, 1.54) is 6.07 Å². The summed E-state index contributed by atoms with van der Waals surface area (Å²) in [6.45, 7) is 0. The Hall–Kier alpha value is -3.31. The van der Waals surface area contributed by atoms with E-state index in [1.54, 1.807) is 24.3 Å². The van der Waals surface area contributed by atoms with Crippen LogP contribution in [0.5, 0.6) is 0 Å². The third-order valence-electron chi connectivity index (χ3n) is 3.22. The molecule has 130 valence electrons. The molecule has 0 aliphatic rings. The highest BCUT2D eigenvalue weighted by atomic mass is 35.5. The number of benzene rings is 2. The second-order valence-electron chi connectivity index (χ2n) is 5.08. The van der Waals surface area contributed by atoms with Crippen molar-refractivity contribution in [1.29, 1.82) is 5.26 Å². The summed E-state index contributed by atoms with van der Waals surface area (Å²) in [4.78, 5) is 8.02. The Morgan fingerprint density at radius 2 is 1.58 bits per heavy atom. The highest BCUT2D eigenvalue weighted by molar-refractivity contribution is 6.29. The van der Waals surface area contributed by atoms with E-state index in [4.69, 9.17) is 16.9 Å². The van der Waals surface area contributed by atoms with Crippen LogP contribution >= 0.6 is 11.6 Å². The minimum Gasteiger partial charge on any atom is -0.335 e. The maximum Gasteiger partial charge on any atom is 0.230 e. The molecule has 0 radical (unpaired) electrons. The molecule has 0 fully saturated rings. The number of hydrogen-bond donors (Lipinski definition) is 2. The standard InChI is InChI=1S/C17H9ClF3N5/c18-14-7-15(25-16-12(20)5-10(19)6-13(16)21)26-17(24-14)23-11-3-1-9(8-22)2-4-11/h1-7H,(H2,23,24,25,26). The smallest absolute Gasteiger partial charge is 0.230 e. The van der Waals surface area contributed by atoms with Crippen LogP contribution in [0, 0.1) is 28.8 Å². The first-order valence-electron chi connectivity index (χ1n) is 7.18. The van der Waals surface area contributed by atoms with Crippen molar-refractivity contribution in [3.05, 3.63) is 70.6 Å². The highest BCUT2D eigenvalue weighted by Crippen LogP contribution is 2.26. The Bertz CT molecular complexity index is 979. The van der Waals surface area contributed by atoms with Gasteiger partial charge in [-0.3, -0.25) is 0 Å². The van der Waals surface area contributed by atoms with Gasteiger partial charge < -0.3 is 10.6 Å². The molecular formula is C17H9ClF3N5. The molecule has 0 atom stereocenters. The van der Waals surface area contributed by atoms with Gasteiger partial charge in [0.05, 0.1) is 11.6 Å². The molecular weight excluding hydrogens is 367 g/mol. The van der Waals surface area contributed by atoms with E-state index in [-0.39, 0.29) is 16.9 Å². The van der Waals surface area contributed by atoms with E-state index in [1.807, 2.05) is 6.07 Å². The van der Waals surface area contributed by atoms with Crippen molar-refractivity contribution >= 4 is 34.7 Å². The van der Waals surface area contributed by atoms with Crippen LogP contribution in [-0.2, 0) is 0 Å². The fourth-order valence-electron chi connectivity index (χ4n) is 2.08. The largest absolute Gasteiger partial charge is 0.335 e. The maximum absolute atomic E-state index is 13.8. The first kappa shape index (κ1) is 17.5. The second kappa shape index (κ2) is 7.29. The molecule has 1 aromatic heterocycles. The first-order valence-corrected chi connectivity index (χ1v) is 7.56. The monoisotopic (exact) mass is 375 g/mol. The molecule has 1 heterocycles. The third-order valence-corrected chi connectivity index (χ3v) is 3.42. The zero-order valence-corrected chi connectivity index (χ0v) is 13.7. The van der Waals surface area contributed by atoms with Gasteiger partial charge in [0.1, 0.15) is 22.5 Å². The fraction of sp³-hybridized carbons (Fsp3) is 0. The lowest BCUT2D eigenvalue weighted by atomic mass is 10.2. The molecule has 3 aromatic rings. The third kappa shape index (κ3) is 4.02. The molecule has 9 heteroatoms. The Kier molecular flexibility index (Phi) is 4.91. The summed E-state index contributed by atoms with van der Waals surface area (Å²) in [7, 11) is 0. The van der Waals surface area contributed by atoms with Gasteiger partial charge in [0.15, 0.2) is 11.6 Å². The number of rotatable bonds is 4. The van der Waals surface area contributed by atoms with Crippen LogP contribution in [0.15, 0.2) is 42.5 Å². The van der Waals surface area contributed by atoms with Crippen molar-refractivity contribution in [2.75, 3.05) is 10.6 Å². The van der Waals surface area contributed by atoms with Crippen molar-refractivity contribution in [2.45, 2.75) is 0 Å². The van der Waals surface area contributed by atoms with Crippen molar-refractivity contribution in [3.8, 4) is 6.07 Å². The van der Waals surface area contributed by atoms with E-state index in [0.29, 0.717) is 23.4 Å². The van der Waals surface area contributed by atoms with E-state index < -0.39 is 23.1 Å². The van der Waals surface area contributed by atoms with Crippen LogP contribution in [0.3, 0.4) is 0 Å². The minimum absolute atomic E-state index is 0.00514. The lowest BCUT2D eigenvalue weighted by Crippen LogP contribution is -2.04. The summed E-state index contributed by atoms with van der Waals surface area (Å²) in [6.07, 6.45) is 0. The van der Waals surface area contributed by atoms with Crippen LogP contribution in [0.1, 0.15) is 5.56 Å². The van der Waals surface area contributed by atoms with Crippen molar-refractivity contribution < 1.29 is 13.2 Å². The zero-order valence-electron chi connectivity index (χ0n) is 12.9. The van der Waals surface area contributed by atoms with Gasteiger partial charge in [-0.15, -0.1) is 0 Å². The van der Waals surface area contributed by atoms with E-state index in [2.05, 4.69) is 20.6 Å².